The summed E-state index contributed by atoms with van der Waals surface area (Å²) < 4.78 is 19.7. The van der Waals surface area contributed by atoms with Crippen molar-refractivity contribution in [1.82, 2.24) is 0 Å². The van der Waals surface area contributed by atoms with E-state index >= 15 is 0 Å². The van der Waals surface area contributed by atoms with E-state index in [1.807, 2.05) is 36.4 Å². The zero-order valence-electron chi connectivity index (χ0n) is 35.4. The lowest BCUT2D eigenvalue weighted by Gasteiger charge is -2.37. The Hall–Kier alpha value is -8.48. The summed E-state index contributed by atoms with van der Waals surface area (Å²) in [5.74, 6) is 2.73. The number of nitrogens with zero attached hydrogens (tertiary/aromatic N) is 1. The van der Waals surface area contributed by atoms with Crippen molar-refractivity contribution >= 4 is 79.4 Å². The van der Waals surface area contributed by atoms with Crippen LogP contribution in [0.1, 0.15) is 5.56 Å². The van der Waals surface area contributed by atoms with Gasteiger partial charge in [0.2, 0.25) is 0 Å². The molecule has 11 aromatic rings. The van der Waals surface area contributed by atoms with Gasteiger partial charge in [-0.2, -0.15) is 0 Å². The second-order valence-corrected chi connectivity index (χ2v) is 16.8. The van der Waals surface area contributed by atoms with E-state index in [0.29, 0.717) is 23.0 Å². The minimum atomic E-state index is 0.669. The van der Waals surface area contributed by atoms with Crippen LogP contribution in [0.5, 0.6) is 23.0 Å². The molecule has 1 radical (unpaired) electrons. The van der Waals surface area contributed by atoms with E-state index < -0.39 is 0 Å². The maximum atomic E-state index is 6.60. The fourth-order valence-electron chi connectivity index (χ4n) is 9.79. The molecule has 2 aliphatic rings. The summed E-state index contributed by atoms with van der Waals surface area (Å²) >= 11 is 0. The number of hydrogen-bond acceptors (Lipinski definition) is 5. The summed E-state index contributed by atoms with van der Waals surface area (Å²) in [6.07, 6.45) is 0. The van der Waals surface area contributed by atoms with E-state index in [9.17, 15) is 0 Å². The molecule has 1 N–H and O–H groups in total. The van der Waals surface area contributed by atoms with Gasteiger partial charge >= 0.3 is 0 Å². The van der Waals surface area contributed by atoms with Gasteiger partial charge in [0.25, 0.3) is 0 Å². The summed E-state index contributed by atoms with van der Waals surface area (Å²) in [6.45, 7) is 2.21. The molecular formula is C59H38BN2O3. The minimum Gasteiger partial charge on any atom is -0.454 e. The highest BCUT2D eigenvalue weighted by atomic mass is 16.6. The zero-order chi connectivity index (χ0) is 43.0. The lowest BCUT2D eigenvalue weighted by molar-refractivity contribution is 0.360. The van der Waals surface area contributed by atoms with Crippen molar-refractivity contribution in [2.45, 2.75) is 6.92 Å². The average Bonchev–Trinajstić information content (AvgIpc) is 3.75. The number of fused-ring (bicyclic) bond motifs is 8. The van der Waals surface area contributed by atoms with E-state index in [1.54, 1.807) is 0 Å². The summed E-state index contributed by atoms with van der Waals surface area (Å²) in [4.78, 5) is 2.42. The van der Waals surface area contributed by atoms with Crippen LogP contribution >= 0.6 is 0 Å². The first-order valence-electron chi connectivity index (χ1n) is 22.0. The topological polar surface area (TPSA) is 46.9 Å². The highest BCUT2D eigenvalue weighted by Crippen LogP contribution is 2.50. The van der Waals surface area contributed by atoms with Crippen molar-refractivity contribution in [2.24, 2.45) is 0 Å². The highest BCUT2D eigenvalue weighted by molar-refractivity contribution is 6.73. The first kappa shape index (κ1) is 37.1. The molecule has 305 valence electrons. The number of aryl methyl sites for hydroxylation is 1. The standard InChI is InChI=1S/C59H38BN2O3/c1-36-31-40(37-15-4-2-5-16-37)28-30-49(36)62-50-35-56-55(63-53-25-12-13-26-54(53)64-56)34-46(50)60-58-45(32-41(33-51(58)62)38-17-6-3-7-18-38)57-42-20-9-8-19-39(42)27-29-47(57)61-48-23-14-22-44-43-21-10-11-24-52(43)65-59(44)48/h2-35,61H,1H3. The molecule has 65 heavy (non-hydrogen) atoms. The van der Waals surface area contributed by atoms with Crippen LogP contribution in [0.4, 0.5) is 28.4 Å². The lowest BCUT2D eigenvalue weighted by atomic mass is 9.57. The molecular weight excluding hydrogens is 795 g/mol. The SMILES string of the molecule is Cc1cc(-c2ccccc2)ccc1N1c2cc3c(cc2[B]c2c(-c4c(Nc5cccc6c5oc5ccccc56)ccc5ccccc45)cc(-c4ccccc4)cc21)Oc1ccccc1O3. The Morgan fingerprint density at radius 1 is 0.446 bits per heavy atom. The predicted molar refractivity (Wildman–Crippen MR) is 268 cm³/mol. The van der Waals surface area contributed by atoms with Gasteiger partial charge in [0.1, 0.15) is 5.58 Å². The molecule has 2 aliphatic heterocycles. The van der Waals surface area contributed by atoms with Gasteiger partial charge < -0.3 is 24.1 Å². The van der Waals surface area contributed by atoms with Gasteiger partial charge in [-0.15, -0.1) is 0 Å². The third-order valence-corrected chi connectivity index (χ3v) is 12.8. The van der Waals surface area contributed by atoms with Crippen molar-refractivity contribution in [3.63, 3.8) is 0 Å². The Balaban J connectivity index is 1.08. The van der Waals surface area contributed by atoms with Crippen molar-refractivity contribution in [2.75, 3.05) is 10.2 Å². The normalized spacial score (nSPS) is 12.4. The second kappa shape index (κ2) is 14.8. The molecule has 3 heterocycles. The molecule has 13 rings (SSSR count). The third kappa shape index (κ3) is 6.17. The molecule has 5 nitrogen and oxygen atoms in total. The van der Waals surface area contributed by atoms with Gasteiger partial charge in [-0.25, -0.2) is 0 Å². The van der Waals surface area contributed by atoms with Crippen molar-refractivity contribution in [3.8, 4) is 56.4 Å². The number of anilines is 5. The van der Waals surface area contributed by atoms with Crippen molar-refractivity contribution in [1.29, 1.82) is 0 Å². The van der Waals surface area contributed by atoms with Gasteiger partial charge in [0.15, 0.2) is 35.9 Å². The maximum Gasteiger partial charge on any atom is 0.198 e. The Bertz CT molecular complexity index is 3690. The van der Waals surface area contributed by atoms with Crippen LogP contribution in [0.25, 0.3) is 66.1 Å². The molecule has 1 aromatic heterocycles. The lowest BCUT2D eigenvalue weighted by Crippen LogP contribution is -2.41. The Labute approximate surface area is 377 Å². The van der Waals surface area contributed by atoms with Gasteiger partial charge in [-0.3, -0.25) is 0 Å². The van der Waals surface area contributed by atoms with E-state index in [1.165, 1.54) is 11.1 Å². The minimum absolute atomic E-state index is 0.669. The number of para-hydroxylation sites is 4. The number of nitrogens with one attached hydrogen (secondary N) is 1. The number of furan rings is 1. The molecule has 0 bridgehead atoms. The van der Waals surface area contributed by atoms with Crippen molar-refractivity contribution in [3.05, 3.63) is 212 Å². The Morgan fingerprint density at radius 2 is 1.12 bits per heavy atom. The van der Waals surface area contributed by atoms with E-state index in [2.05, 4.69) is 194 Å². The van der Waals surface area contributed by atoms with Crippen LogP contribution in [-0.2, 0) is 0 Å². The highest BCUT2D eigenvalue weighted by Gasteiger charge is 2.33. The molecule has 0 saturated heterocycles. The average molecular weight is 834 g/mol. The summed E-state index contributed by atoms with van der Waals surface area (Å²) in [5.41, 5.74) is 16.7. The smallest absolute Gasteiger partial charge is 0.198 e. The summed E-state index contributed by atoms with van der Waals surface area (Å²) in [7, 11) is 2.33. The molecule has 0 aliphatic carbocycles. The summed E-state index contributed by atoms with van der Waals surface area (Å²) in [5, 5.41) is 8.36. The van der Waals surface area contributed by atoms with Gasteiger partial charge in [-0.1, -0.05) is 145 Å². The number of rotatable bonds is 6. The Kier molecular flexibility index (Phi) is 8.46. The first-order chi connectivity index (χ1) is 32.1. The molecule has 0 saturated carbocycles. The molecule has 0 amide bonds. The number of hydrogen-bond donors (Lipinski definition) is 1. The van der Waals surface area contributed by atoms with E-state index in [0.717, 1.165) is 99.9 Å². The second-order valence-electron chi connectivity index (χ2n) is 16.8. The third-order valence-electron chi connectivity index (χ3n) is 12.8. The maximum absolute atomic E-state index is 6.60. The Morgan fingerprint density at radius 3 is 1.91 bits per heavy atom. The molecule has 10 aromatic carbocycles. The van der Waals surface area contributed by atoms with Crippen molar-refractivity contribution < 1.29 is 13.9 Å². The molecule has 0 fully saturated rings. The van der Waals surface area contributed by atoms with E-state index in [-0.39, 0.29) is 0 Å². The monoisotopic (exact) mass is 833 g/mol. The van der Waals surface area contributed by atoms with Crippen LogP contribution in [0.15, 0.2) is 211 Å². The number of benzene rings is 10. The molecule has 0 unspecified atom stereocenters. The van der Waals surface area contributed by atoms with Crippen LogP contribution in [0.2, 0.25) is 0 Å². The zero-order valence-corrected chi connectivity index (χ0v) is 35.4. The van der Waals surface area contributed by atoms with Crippen LogP contribution in [0.3, 0.4) is 0 Å². The molecule has 6 heteroatoms. The van der Waals surface area contributed by atoms with E-state index in [4.69, 9.17) is 13.9 Å². The molecule has 0 spiro atoms. The van der Waals surface area contributed by atoms with Crippen LogP contribution in [0, 0.1) is 6.92 Å². The van der Waals surface area contributed by atoms with Gasteiger partial charge in [0.05, 0.1) is 5.69 Å². The molecule has 0 atom stereocenters. The van der Waals surface area contributed by atoms with Crippen LogP contribution in [-0.4, -0.2) is 7.28 Å². The predicted octanol–water partition coefficient (Wildman–Crippen LogP) is 15.1. The first-order valence-corrected chi connectivity index (χ1v) is 22.0. The van der Waals surface area contributed by atoms with Crippen LogP contribution < -0.4 is 30.6 Å². The summed E-state index contributed by atoms with van der Waals surface area (Å²) in [6, 6.07) is 72.5. The quantitative estimate of drug-likeness (QED) is 0.169. The fraction of sp³-hybridized carbons (Fsp3) is 0.0169. The number of ether oxygens (including phenoxy) is 2. The van der Waals surface area contributed by atoms with Gasteiger partial charge in [0, 0.05) is 45.2 Å². The largest absolute Gasteiger partial charge is 0.454 e. The fourth-order valence-corrected chi connectivity index (χ4v) is 9.79. The van der Waals surface area contributed by atoms with Gasteiger partial charge in [-0.05, 0) is 117 Å².